The van der Waals surface area contributed by atoms with Gasteiger partial charge in [-0.15, -0.1) is 0 Å². The predicted octanol–water partition coefficient (Wildman–Crippen LogP) is 1.75. The number of halogens is 1. The predicted molar refractivity (Wildman–Crippen MR) is 72.9 cm³/mol. The zero-order valence-corrected chi connectivity index (χ0v) is 12.7. The number of rotatable bonds is 3. The minimum Gasteiger partial charge on any atom is -0.378 e. The zero-order chi connectivity index (χ0) is 14.1. The first-order chi connectivity index (χ1) is 8.94. The van der Waals surface area contributed by atoms with Crippen molar-refractivity contribution in [1.29, 1.82) is 5.26 Å². The van der Waals surface area contributed by atoms with Gasteiger partial charge in [-0.25, -0.2) is 8.42 Å². The van der Waals surface area contributed by atoms with Gasteiger partial charge in [-0.3, -0.25) is 0 Å². The summed E-state index contributed by atoms with van der Waals surface area (Å²) in [7, 11) is -2.32. The Labute approximate surface area is 121 Å². The van der Waals surface area contributed by atoms with E-state index < -0.39 is 15.6 Å². The largest absolute Gasteiger partial charge is 0.378 e. The molecule has 1 aliphatic rings. The van der Waals surface area contributed by atoms with Crippen LogP contribution in [-0.2, 0) is 14.8 Å². The SMILES string of the molecule is CN([C@@]1(C#N)CCOC1)S(=O)(=O)c1ccccc1Br. The average molecular weight is 345 g/mol. The topological polar surface area (TPSA) is 70.4 Å². The van der Waals surface area contributed by atoms with Gasteiger partial charge in [0.05, 0.1) is 17.6 Å². The normalized spacial score (nSPS) is 23.5. The van der Waals surface area contributed by atoms with E-state index in [1.807, 2.05) is 0 Å². The van der Waals surface area contributed by atoms with Crippen molar-refractivity contribution in [3.8, 4) is 6.07 Å². The molecule has 1 saturated heterocycles. The molecular weight excluding hydrogens is 332 g/mol. The van der Waals surface area contributed by atoms with Crippen LogP contribution in [0.1, 0.15) is 6.42 Å². The van der Waals surface area contributed by atoms with Gasteiger partial charge in [0, 0.05) is 24.5 Å². The number of likely N-dealkylation sites (N-methyl/N-ethyl adjacent to an activating group) is 1. The third-order valence-corrected chi connectivity index (χ3v) is 6.22. The van der Waals surface area contributed by atoms with Crippen LogP contribution >= 0.6 is 15.9 Å². The first kappa shape index (κ1) is 14.5. The summed E-state index contributed by atoms with van der Waals surface area (Å²) in [6.07, 6.45) is 0.379. The minimum atomic E-state index is -3.74. The zero-order valence-electron chi connectivity index (χ0n) is 10.3. The van der Waals surface area contributed by atoms with Crippen LogP contribution in [-0.4, -0.2) is 38.5 Å². The molecule has 0 bridgehead atoms. The van der Waals surface area contributed by atoms with Crippen molar-refractivity contribution in [2.24, 2.45) is 0 Å². The highest BCUT2D eigenvalue weighted by Crippen LogP contribution is 2.32. The number of ether oxygens (including phenoxy) is 1. The van der Waals surface area contributed by atoms with Crippen LogP contribution in [0.5, 0.6) is 0 Å². The highest BCUT2D eigenvalue weighted by atomic mass is 79.9. The molecule has 1 fully saturated rings. The van der Waals surface area contributed by atoms with Gasteiger partial charge in [-0.05, 0) is 28.1 Å². The Balaban J connectivity index is 2.46. The van der Waals surface area contributed by atoms with Gasteiger partial charge in [-0.2, -0.15) is 9.57 Å². The van der Waals surface area contributed by atoms with Crippen LogP contribution in [0.2, 0.25) is 0 Å². The molecule has 2 rings (SSSR count). The van der Waals surface area contributed by atoms with Gasteiger partial charge in [0.1, 0.15) is 5.54 Å². The van der Waals surface area contributed by atoms with E-state index in [4.69, 9.17) is 4.74 Å². The van der Waals surface area contributed by atoms with Crippen LogP contribution in [0.15, 0.2) is 33.6 Å². The number of nitrogens with zero attached hydrogens (tertiary/aromatic N) is 2. The van der Waals surface area contributed by atoms with Gasteiger partial charge < -0.3 is 4.74 Å². The Kier molecular flexibility index (Phi) is 3.97. The second-order valence-corrected chi connectivity index (χ2v) is 7.14. The van der Waals surface area contributed by atoms with Crippen molar-refractivity contribution in [2.45, 2.75) is 16.9 Å². The van der Waals surface area contributed by atoms with Crippen molar-refractivity contribution in [3.63, 3.8) is 0 Å². The molecule has 1 heterocycles. The first-order valence-electron chi connectivity index (χ1n) is 5.67. The maximum atomic E-state index is 12.6. The van der Waals surface area contributed by atoms with Crippen molar-refractivity contribution in [3.05, 3.63) is 28.7 Å². The lowest BCUT2D eigenvalue weighted by Gasteiger charge is -2.30. The fourth-order valence-electron chi connectivity index (χ4n) is 1.99. The standard InChI is InChI=1S/C12H13BrN2O3S/c1-15(12(8-14)6-7-18-9-12)19(16,17)11-5-3-2-4-10(11)13/h2-5H,6-7,9H2,1H3/t12-/m1/s1. The summed E-state index contributed by atoms with van der Waals surface area (Å²) in [5.74, 6) is 0. The van der Waals surface area contributed by atoms with E-state index in [0.29, 0.717) is 17.5 Å². The summed E-state index contributed by atoms with van der Waals surface area (Å²) in [4.78, 5) is 0.152. The van der Waals surface area contributed by atoms with Crippen LogP contribution in [0.4, 0.5) is 0 Å². The molecule has 0 spiro atoms. The van der Waals surface area contributed by atoms with Crippen molar-refractivity contribution in [2.75, 3.05) is 20.3 Å². The molecule has 5 nitrogen and oxygen atoms in total. The molecule has 1 aliphatic heterocycles. The van der Waals surface area contributed by atoms with Crippen LogP contribution in [0, 0.1) is 11.3 Å². The van der Waals surface area contributed by atoms with Crippen molar-refractivity contribution >= 4 is 26.0 Å². The summed E-state index contributed by atoms with van der Waals surface area (Å²) in [6.45, 7) is 0.493. The quantitative estimate of drug-likeness (QED) is 0.837. The Morgan fingerprint density at radius 3 is 2.68 bits per heavy atom. The summed E-state index contributed by atoms with van der Waals surface area (Å²) >= 11 is 3.23. The van der Waals surface area contributed by atoms with Crippen LogP contribution < -0.4 is 0 Å². The first-order valence-corrected chi connectivity index (χ1v) is 7.90. The van der Waals surface area contributed by atoms with E-state index in [1.165, 1.54) is 13.1 Å². The molecule has 0 aromatic heterocycles. The lowest BCUT2D eigenvalue weighted by molar-refractivity contribution is 0.162. The second-order valence-electron chi connectivity index (χ2n) is 4.35. The van der Waals surface area contributed by atoms with E-state index in [2.05, 4.69) is 22.0 Å². The highest BCUT2D eigenvalue weighted by molar-refractivity contribution is 9.10. The molecule has 19 heavy (non-hydrogen) atoms. The van der Waals surface area contributed by atoms with Gasteiger partial charge in [-0.1, -0.05) is 12.1 Å². The smallest absolute Gasteiger partial charge is 0.245 e. The maximum absolute atomic E-state index is 12.6. The second kappa shape index (κ2) is 5.21. The fraction of sp³-hybridized carbons (Fsp3) is 0.417. The summed E-state index contributed by atoms with van der Waals surface area (Å²) < 4.78 is 32.0. The number of benzene rings is 1. The molecule has 7 heteroatoms. The lowest BCUT2D eigenvalue weighted by Crippen LogP contribution is -2.49. The minimum absolute atomic E-state index is 0.101. The molecule has 102 valence electrons. The van der Waals surface area contributed by atoms with E-state index in [1.54, 1.807) is 18.2 Å². The molecule has 1 atom stereocenters. The van der Waals surface area contributed by atoms with E-state index in [0.717, 1.165) is 4.31 Å². The summed E-state index contributed by atoms with van der Waals surface area (Å²) in [5, 5.41) is 9.32. The van der Waals surface area contributed by atoms with E-state index in [9.17, 15) is 13.7 Å². The Bertz CT molecular complexity index is 618. The molecule has 1 aromatic carbocycles. The number of sulfonamides is 1. The monoisotopic (exact) mass is 344 g/mol. The van der Waals surface area contributed by atoms with Crippen molar-refractivity contribution < 1.29 is 13.2 Å². The van der Waals surface area contributed by atoms with Crippen LogP contribution in [0.3, 0.4) is 0 Å². The summed E-state index contributed by atoms with van der Waals surface area (Å²) in [5.41, 5.74) is -1.12. The average Bonchev–Trinajstić information content (AvgIpc) is 2.88. The molecular formula is C12H13BrN2O3S. The third kappa shape index (κ3) is 2.41. The lowest BCUT2D eigenvalue weighted by atomic mass is 10.0. The molecule has 0 amide bonds. The molecule has 0 aliphatic carbocycles. The molecule has 1 aromatic rings. The van der Waals surface area contributed by atoms with Crippen molar-refractivity contribution in [1.82, 2.24) is 4.31 Å². The van der Waals surface area contributed by atoms with Gasteiger partial charge >= 0.3 is 0 Å². The molecule has 0 unspecified atom stereocenters. The van der Waals surface area contributed by atoms with Gasteiger partial charge in [0.2, 0.25) is 10.0 Å². The molecule has 0 N–H and O–H groups in total. The summed E-state index contributed by atoms with van der Waals surface area (Å²) in [6, 6.07) is 8.63. The van der Waals surface area contributed by atoms with Crippen LogP contribution in [0.25, 0.3) is 0 Å². The Morgan fingerprint density at radius 2 is 2.16 bits per heavy atom. The van der Waals surface area contributed by atoms with E-state index >= 15 is 0 Å². The number of nitriles is 1. The Hall–Kier alpha value is -0.940. The molecule has 0 saturated carbocycles. The third-order valence-electron chi connectivity index (χ3n) is 3.29. The number of hydrogen-bond donors (Lipinski definition) is 0. The van der Waals surface area contributed by atoms with Gasteiger partial charge in [0.15, 0.2) is 0 Å². The highest BCUT2D eigenvalue weighted by Gasteiger charge is 2.45. The Morgan fingerprint density at radius 1 is 1.47 bits per heavy atom. The molecule has 0 radical (unpaired) electrons. The fourth-order valence-corrected chi connectivity index (χ4v) is 4.40. The van der Waals surface area contributed by atoms with E-state index in [-0.39, 0.29) is 11.5 Å². The maximum Gasteiger partial charge on any atom is 0.245 e. The van der Waals surface area contributed by atoms with Gasteiger partial charge in [0.25, 0.3) is 0 Å². The number of hydrogen-bond acceptors (Lipinski definition) is 4.